The number of rotatable bonds is 3. The second-order valence-corrected chi connectivity index (χ2v) is 7.35. The van der Waals surface area contributed by atoms with Gasteiger partial charge in [0, 0.05) is 18.5 Å². The van der Waals surface area contributed by atoms with Crippen LogP contribution in [0.4, 0.5) is 0 Å². The van der Waals surface area contributed by atoms with Gasteiger partial charge in [-0.25, -0.2) is 0 Å². The van der Waals surface area contributed by atoms with E-state index in [0.29, 0.717) is 12.5 Å². The maximum atomic E-state index is 11.3. The number of piperidine rings is 1. The molecule has 0 aromatic heterocycles. The summed E-state index contributed by atoms with van der Waals surface area (Å²) in [5.41, 5.74) is 5.56. The molecule has 0 aromatic carbocycles. The van der Waals surface area contributed by atoms with Crippen molar-refractivity contribution in [2.45, 2.75) is 58.5 Å². The van der Waals surface area contributed by atoms with Crippen LogP contribution in [0.15, 0.2) is 0 Å². The Bertz CT molecular complexity index is 297. The third-order valence-corrected chi connectivity index (χ3v) is 6.19. The lowest BCUT2D eigenvalue weighted by Crippen LogP contribution is -2.62. The first-order chi connectivity index (χ1) is 8.95. The van der Waals surface area contributed by atoms with Gasteiger partial charge < -0.3 is 16.2 Å². The van der Waals surface area contributed by atoms with Gasteiger partial charge in [-0.1, -0.05) is 20.8 Å². The monoisotopic (exact) mass is 268 g/mol. The third kappa shape index (κ3) is 2.57. The maximum Gasteiger partial charge on any atom is 0.0765 e. The molecule has 0 amide bonds. The van der Waals surface area contributed by atoms with Crippen molar-refractivity contribution in [1.29, 1.82) is 0 Å². The van der Waals surface area contributed by atoms with Gasteiger partial charge in [0.25, 0.3) is 0 Å². The molecule has 0 spiro atoms. The topological polar surface area (TPSA) is 58.3 Å². The molecule has 0 aromatic rings. The molecule has 0 radical (unpaired) electrons. The molecule has 2 fully saturated rings. The van der Waals surface area contributed by atoms with Gasteiger partial charge in [0.15, 0.2) is 0 Å². The van der Waals surface area contributed by atoms with Crippen molar-refractivity contribution in [2.24, 2.45) is 28.9 Å². The zero-order valence-electron chi connectivity index (χ0n) is 12.9. The molecule has 2 atom stereocenters. The lowest BCUT2D eigenvalue weighted by Gasteiger charge is -2.55. The van der Waals surface area contributed by atoms with Gasteiger partial charge in [-0.3, -0.25) is 0 Å². The van der Waals surface area contributed by atoms with E-state index in [1.807, 2.05) is 0 Å². The van der Waals surface area contributed by atoms with E-state index in [9.17, 15) is 5.11 Å². The molecule has 2 rings (SSSR count). The smallest absolute Gasteiger partial charge is 0.0765 e. The molecule has 112 valence electrons. The third-order valence-electron chi connectivity index (χ3n) is 6.19. The van der Waals surface area contributed by atoms with Crippen LogP contribution in [0.2, 0.25) is 0 Å². The van der Waals surface area contributed by atoms with Crippen LogP contribution < -0.4 is 11.1 Å². The van der Waals surface area contributed by atoms with Crippen molar-refractivity contribution in [2.75, 3.05) is 19.6 Å². The molecular formula is C16H32N2O. The first kappa shape index (κ1) is 15.3. The summed E-state index contributed by atoms with van der Waals surface area (Å²) in [6.45, 7) is 9.31. The largest absolute Gasteiger partial charge is 0.389 e. The predicted octanol–water partition coefficient (Wildman–Crippen LogP) is 2.14. The van der Waals surface area contributed by atoms with Gasteiger partial charge in [-0.2, -0.15) is 0 Å². The van der Waals surface area contributed by atoms with Crippen molar-refractivity contribution in [1.82, 2.24) is 5.32 Å². The molecule has 4 N–H and O–H groups in total. The second kappa shape index (κ2) is 5.71. The van der Waals surface area contributed by atoms with Crippen molar-refractivity contribution in [3.63, 3.8) is 0 Å². The number of hydrogen-bond donors (Lipinski definition) is 3. The first-order valence-corrected chi connectivity index (χ1v) is 8.08. The standard InChI is InChI=1S/C16H32N2O/c1-12(2)14-4-6-15(11-17,7-5-14)16(19)8-9-18-10-13(16)3/h12-14,18-19H,4-11,17H2,1-3H3. The van der Waals surface area contributed by atoms with Gasteiger partial charge in [-0.15, -0.1) is 0 Å². The summed E-state index contributed by atoms with van der Waals surface area (Å²) in [5.74, 6) is 1.89. The van der Waals surface area contributed by atoms with E-state index in [2.05, 4.69) is 26.1 Å². The van der Waals surface area contributed by atoms with Crippen molar-refractivity contribution in [3.05, 3.63) is 0 Å². The van der Waals surface area contributed by atoms with E-state index in [4.69, 9.17) is 5.73 Å². The summed E-state index contributed by atoms with van der Waals surface area (Å²) in [5, 5.41) is 14.7. The van der Waals surface area contributed by atoms with Crippen LogP contribution in [0.25, 0.3) is 0 Å². The highest BCUT2D eigenvalue weighted by molar-refractivity contribution is 5.06. The fourth-order valence-corrected chi connectivity index (χ4v) is 4.47. The maximum absolute atomic E-state index is 11.3. The Hall–Kier alpha value is -0.120. The highest BCUT2D eigenvalue weighted by Gasteiger charge is 2.54. The molecular weight excluding hydrogens is 236 g/mol. The molecule has 3 nitrogen and oxygen atoms in total. The number of aliphatic hydroxyl groups is 1. The summed E-state index contributed by atoms with van der Waals surface area (Å²) in [6, 6.07) is 0. The van der Waals surface area contributed by atoms with Crippen LogP contribution in [-0.4, -0.2) is 30.3 Å². The van der Waals surface area contributed by atoms with E-state index in [1.165, 1.54) is 12.8 Å². The Morgan fingerprint density at radius 2 is 1.89 bits per heavy atom. The minimum atomic E-state index is -0.561. The Labute approximate surface area is 118 Å². The SMILES string of the molecule is CC(C)C1CCC(CN)(C2(O)CCNCC2C)CC1. The van der Waals surface area contributed by atoms with Crippen LogP contribution in [-0.2, 0) is 0 Å². The average Bonchev–Trinajstić information content (AvgIpc) is 2.42. The molecule has 1 saturated heterocycles. The van der Waals surface area contributed by atoms with Crippen LogP contribution in [0, 0.1) is 23.2 Å². The van der Waals surface area contributed by atoms with Crippen molar-refractivity contribution < 1.29 is 5.11 Å². The lowest BCUT2D eigenvalue weighted by atomic mass is 9.55. The number of nitrogens with one attached hydrogen (secondary N) is 1. The Morgan fingerprint density at radius 3 is 2.37 bits per heavy atom. The molecule has 2 aliphatic rings. The molecule has 1 saturated carbocycles. The first-order valence-electron chi connectivity index (χ1n) is 8.08. The number of hydrogen-bond acceptors (Lipinski definition) is 3. The zero-order valence-corrected chi connectivity index (χ0v) is 12.9. The quantitative estimate of drug-likeness (QED) is 0.735. The fraction of sp³-hybridized carbons (Fsp3) is 1.00. The van der Waals surface area contributed by atoms with Gasteiger partial charge in [0.1, 0.15) is 0 Å². The summed E-state index contributed by atoms with van der Waals surface area (Å²) in [6.07, 6.45) is 5.53. The van der Waals surface area contributed by atoms with Crippen molar-refractivity contribution in [3.8, 4) is 0 Å². The predicted molar refractivity (Wildman–Crippen MR) is 79.9 cm³/mol. The molecule has 1 heterocycles. The van der Waals surface area contributed by atoms with Crippen LogP contribution in [0.5, 0.6) is 0 Å². The minimum absolute atomic E-state index is 0.0418. The Morgan fingerprint density at radius 1 is 1.26 bits per heavy atom. The van der Waals surface area contributed by atoms with E-state index < -0.39 is 5.60 Å². The van der Waals surface area contributed by atoms with Crippen molar-refractivity contribution >= 4 is 0 Å². The van der Waals surface area contributed by atoms with Crippen LogP contribution in [0.3, 0.4) is 0 Å². The van der Waals surface area contributed by atoms with E-state index >= 15 is 0 Å². The Kier molecular flexibility index (Phi) is 4.59. The van der Waals surface area contributed by atoms with Crippen LogP contribution in [0.1, 0.15) is 52.9 Å². The van der Waals surface area contributed by atoms with E-state index in [0.717, 1.165) is 44.2 Å². The summed E-state index contributed by atoms with van der Waals surface area (Å²) >= 11 is 0. The normalized spacial score (nSPS) is 44.5. The van der Waals surface area contributed by atoms with Gasteiger partial charge in [-0.05, 0) is 56.4 Å². The molecule has 0 bridgehead atoms. The molecule has 3 heteroatoms. The summed E-state index contributed by atoms with van der Waals surface area (Å²) < 4.78 is 0. The molecule has 1 aliphatic carbocycles. The highest BCUT2D eigenvalue weighted by Crippen LogP contribution is 2.51. The summed E-state index contributed by atoms with van der Waals surface area (Å²) in [7, 11) is 0. The highest BCUT2D eigenvalue weighted by atomic mass is 16.3. The van der Waals surface area contributed by atoms with E-state index in [1.54, 1.807) is 0 Å². The van der Waals surface area contributed by atoms with E-state index in [-0.39, 0.29) is 5.41 Å². The fourth-order valence-electron chi connectivity index (χ4n) is 4.47. The van der Waals surface area contributed by atoms with Gasteiger partial charge in [0.05, 0.1) is 5.60 Å². The van der Waals surface area contributed by atoms with Crippen LogP contribution >= 0.6 is 0 Å². The molecule has 1 aliphatic heterocycles. The average molecular weight is 268 g/mol. The lowest BCUT2D eigenvalue weighted by molar-refractivity contribution is -0.153. The number of nitrogens with two attached hydrogens (primary N) is 1. The summed E-state index contributed by atoms with van der Waals surface area (Å²) in [4.78, 5) is 0. The van der Waals surface area contributed by atoms with Gasteiger partial charge in [0.2, 0.25) is 0 Å². The zero-order chi connectivity index (χ0) is 14.1. The van der Waals surface area contributed by atoms with Gasteiger partial charge >= 0.3 is 0 Å². The minimum Gasteiger partial charge on any atom is -0.389 e. The molecule has 2 unspecified atom stereocenters. The second-order valence-electron chi connectivity index (χ2n) is 7.35. The molecule has 19 heavy (non-hydrogen) atoms. The Balaban J connectivity index is 2.15.